The molecule has 1 aromatic heterocycles. The molecule has 0 bridgehead atoms. The zero-order valence-corrected chi connectivity index (χ0v) is 27.3. The number of aromatic nitrogens is 3. The molecule has 0 spiro atoms. The molecule has 0 radical (unpaired) electrons. The summed E-state index contributed by atoms with van der Waals surface area (Å²) in [6.45, 7) is 4.77. The SMILES string of the molecule is CC1(C)c2cccc3c2-c2c(ccc(-c4cccc(-c5nc(-c6ccccc6)nc(-c6ccccc6)n5)c4)c21)-c1cccc2cccc-3c12. The first-order valence-corrected chi connectivity index (χ1v) is 16.9. The van der Waals surface area contributed by atoms with E-state index in [1.54, 1.807) is 0 Å². The fourth-order valence-electron chi connectivity index (χ4n) is 8.23. The Morgan fingerprint density at radius 3 is 1.53 bits per heavy atom. The maximum absolute atomic E-state index is 5.04. The number of benzene rings is 7. The lowest BCUT2D eigenvalue weighted by molar-refractivity contribution is 0.662. The van der Waals surface area contributed by atoms with Crippen molar-refractivity contribution in [1.29, 1.82) is 0 Å². The molecule has 2 aliphatic rings. The predicted molar refractivity (Wildman–Crippen MR) is 201 cm³/mol. The molecule has 0 amide bonds. The molecule has 230 valence electrons. The van der Waals surface area contributed by atoms with Crippen molar-refractivity contribution in [1.82, 2.24) is 15.0 Å². The highest BCUT2D eigenvalue weighted by Crippen LogP contribution is 2.60. The fourth-order valence-corrected chi connectivity index (χ4v) is 8.23. The first-order valence-electron chi connectivity index (χ1n) is 16.9. The van der Waals surface area contributed by atoms with Gasteiger partial charge in [-0.1, -0.05) is 159 Å². The van der Waals surface area contributed by atoms with E-state index in [0.717, 1.165) is 22.3 Å². The van der Waals surface area contributed by atoms with Crippen LogP contribution >= 0.6 is 0 Å². The normalized spacial score (nSPS) is 13.3. The van der Waals surface area contributed by atoms with E-state index in [1.165, 1.54) is 60.8 Å². The van der Waals surface area contributed by atoms with Crippen LogP contribution in [0.4, 0.5) is 0 Å². The lowest BCUT2D eigenvalue weighted by atomic mass is 9.77. The Morgan fingerprint density at radius 2 is 0.878 bits per heavy atom. The molecule has 0 fully saturated rings. The minimum absolute atomic E-state index is 0.198. The predicted octanol–water partition coefficient (Wildman–Crippen LogP) is 11.6. The van der Waals surface area contributed by atoms with Crippen LogP contribution < -0.4 is 0 Å². The zero-order chi connectivity index (χ0) is 32.7. The largest absolute Gasteiger partial charge is 0.208 e. The van der Waals surface area contributed by atoms with Crippen LogP contribution in [0.3, 0.4) is 0 Å². The number of hydrogen-bond acceptors (Lipinski definition) is 3. The van der Waals surface area contributed by atoms with Crippen LogP contribution in [0, 0.1) is 0 Å². The van der Waals surface area contributed by atoms with Gasteiger partial charge < -0.3 is 0 Å². The van der Waals surface area contributed by atoms with Crippen molar-refractivity contribution < 1.29 is 0 Å². The summed E-state index contributed by atoms with van der Waals surface area (Å²) in [5.74, 6) is 1.99. The van der Waals surface area contributed by atoms with Crippen molar-refractivity contribution in [3.05, 3.63) is 163 Å². The van der Waals surface area contributed by atoms with Gasteiger partial charge in [-0.2, -0.15) is 0 Å². The van der Waals surface area contributed by atoms with E-state index in [1.807, 2.05) is 36.4 Å². The monoisotopic (exact) mass is 625 g/mol. The highest BCUT2D eigenvalue weighted by atomic mass is 15.0. The lowest BCUT2D eigenvalue weighted by Crippen LogP contribution is -2.16. The highest BCUT2D eigenvalue weighted by molar-refractivity contribution is 6.16. The second-order valence-electron chi connectivity index (χ2n) is 13.6. The molecule has 0 saturated carbocycles. The molecule has 0 saturated heterocycles. The molecule has 0 N–H and O–H groups in total. The molecular weight excluding hydrogens is 595 g/mol. The maximum Gasteiger partial charge on any atom is 0.164 e. The second-order valence-corrected chi connectivity index (χ2v) is 13.6. The van der Waals surface area contributed by atoms with E-state index in [0.29, 0.717) is 17.5 Å². The van der Waals surface area contributed by atoms with Crippen LogP contribution in [-0.2, 0) is 5.41 Å². The Morgan fingerprint density at radius 1 is 0.388 bits per heavy atom. The maximum atomic E-state index is 5.04. The summed E-state index contributed by atoms with van der Waals surface area (Å²) in [4.78, 5) is 15.0. The van der Waals surface area contributed by atoms with Crippen LogP contribution in [-0.4, -0.2) is 15.0 Å². The summed E-state index contributed by atoms with van der Waals surface area (Å²) in [6.07, 6.45) is 0. The second kappa shape index (κ2) is 10.4. The van der Waals surface area contributed by atoms with Gasteiger partial charge in [-0.3, -0.25) is 0 Å². The van der Waals surface area contributed by atoms with E-state index in [9.17, 15) is 0 Å². The molecule has 8 aromatic rings. The minimum Gasteiger partial charge on any atom is -0.208 e. The Balaban J connectivity index is 1.20. The summed E-state index contributed by atoms with van der Waals surface area (Å²) < 4.78 is 0. The Hall–Kier alpha value is -6.19. The molecule has 1 heterocycles. The topological polar surface area (TPSA) is 38.7 Å². The third-order valence-corrected chi connectivity index (χ3v) is 10.4. The zero-order valence-electron chi connectivity index (χ0n) is 27.3. The summed E-state index contributed by atoms with van der Waals surface area (Å²) in [6, 6.07) is 54.1. The van der Waals surface area contributed by atoms with Gasteiger partial charge in [0.2, 0.25) is 0 Å². The van der Waals surface area contributed by atoms with Crippen molar-refractivity contribution in [2.45, 2.75) is 19.3 Å². The van der Waals surface area contributed by atoms with Crippen LogP contribution in [0.1, 0.15) is 25.0 Å². The van der Waals surface area contributed by atoms with Crippen LogP contribution in [0.25, 0.3) is 89.4 Å². The van der Waals surface area contributed by atoms with Crippen molar-refractivity contribution in [2.24, 2.45) is 0 Å². The molecule has 0 atom stereocenters. The number of nitrogens with zero attached hydrogens (tertiary/aromatic N) is 3. The van der Waals surface area contributed by atoms with Gasteiger partial charge in [0, 0.05) is 22.1 Å². The van der Waals surface area contributed by atoms with Gasteiger partial charge in [-0.15, -0.1) is 0 Å². The van der Waals surface area contributed by atoms with Crippen molar-refractivity contribution >= 4 is 10.8 Å². The van der Waals surface area contributed by atoms with E-state index < -0.39 is 0 Å². The molecule has 3 heteroatoms. The molecule has 0 aliphatic heterocycles. The summed E-state index contributed by atoms with van der Waals surface area (Å²) in [5, 5.41) is 2.61. The molecule has 49 heavy (non-hydrogen) atoms. The number of fused-ring (bicyclic) bond motifs is 2. The van der Waals surface area contributed by atoms with Gasteiger partial charge in [0.05, 0.1) is 0 Å². The molecule has 2 aliphatic carbocycles. The quantitative estimate of drug-likeness (QED) is 0.195. The van der Waals surface area contributed by atoms with Crippen molar-refractivity contribution in [3.63, 3.8) is 0 Å². The highest BCUT2D eigenvalue weighted by Gasteiger charge is 2.42. The van der Waals surface area contributed by atoms with Crippen LogP contribution in [0.5, 0.6) is 0 Å². The average molecular weight is 626 g/mol. The van der Waals surface area contributed by atoms with E-state index in [4.69, 9.17) is 15.0 Å². The van der Waals surface area contributed by atoms with Gasteiger partial charge in [-0.25, -0.2) is 15.0 Å². The van der Waals surface area contributed by atoms with Gasteiger partial charge >= 0.3 is 0 Å². The van der Waals surface area contributed by atoms with Crippen LogP contribution in [0.15, 0.2) is 152 Å². The van der Waals surface area contributed by atoms with Gasteiger partial charge in [-0.05, 0) is 72.5 Å². The molecule has 7 aromatic carbocycles. The number of rotatable bonds is 4. The fraction of sp³-hybridized carbons (Fsp3) is 0.0652. The summed E-state index contributed by atoms with van der Waals surface area (Å²) >= 11 is 0. The third-order valence-electron chi connectivity index (χ3n) is 10.4. The van der Waals surface area contributed by atoms with Gasteiger partial charge in [0.25, 0.3) is 0 Å². The Bertz CT molecular complexity index is 2560. The standard InChI is InChI=1S/C46H31N3/c1-46(2)38-24-12-23-36-34-21-10-17-28-18-11-22-35(39(28)34)37-26-25-33(42(46)41(37)40(36)38)31-19-9-20-32(27-31)45-48-43(29-13-5-3-6-14-29)47-44(49-45)30-15-7-4-8-16-30/h3-27H,1-2H3. The van der Waals surface area contributed by atoms with Gasteiger partial charge in [0.1, 0.15) is 0 Å². The van der Waals surface area contributed by atoms with Crippen molar-refractivity contribution in [2.75, 3.05) is 0 Å². The molecular formula is C46H31N3. The van der Waals surface area contributed by atoms with E-state index >= 15 is 0 Å². The first kappa shape index (κ1) is 27.9. The summed E-state index contributed by atoms with van der Waals surface area (Å²) in [5.41, 5.74) is 15.8. The Labute approximate surface area is 285 Å². The molecule has 10 rings (SSSR count). The molecule has 3 nitrogen and oxygen atoms in total. The Kier molecular flexibility index (Phi) is 5.92. The number of hydrogen-bond donors (Lipinski definition) is 0. The third kappa shape index (κ3) is 4.12. The van der Waals surface area contributed by atoms with E-state index in [-0.39, 0.29) is 5.41 Å². The average Bonchev–Trinajstić information content (AvgIpc) is 3.33. The molecule has 0 unspecified atom stereocenters. The smallest absolute Gasteiger partial charge is 0.164 e. The minimum atomic E-state index is -0.198. The van der Waals surface area contributed by atoms with Crippen molar-refractivity contribution in [3.8, 4) is 78.7 Å². The summed E-state index contributed by atoms with van der Waals surface area (Å²) in [7, 11) is 0. The van der Waals surface area contributed by atoms with Gasteiger partial charge in [0.15, 0.2) is 17.5 Å². The van der Waals surface area contributed by atoms with Crippen LogP contribution in [0.2, 0.25) is 0 Å². The van der Waals surface area contributed by atoms with E-state index in [2.05, 4.69) is 129 Å². The lowest BCUT2D eigenvalue weighted by Gasteiger charge is -2.26. The first-order chi connectivity index (χ1) is 24.1.